The smallest absolute Gasteiger partial charge is 0.414 e. The minimum absolute atomic E-state index is 0.262. The molecule has 0 bridgehead atoms. The average molecular weight is 323 g/mol. The predicted molar refractivity (Wildman–Crippen MR) is 98.7 cm³/mol. The van der Waals surface area contributed by atoms with Gasteiger partial charge in [-0.15, -0.1) is 0 Å². The first-order valence-electron chi connectivity index (χ1n) is 8.62. The summed E-state index contributed by atoms with van der Waals surface area (Å²) in [6.07, 6.45) is 4.77. The number of carbonyl (C=O) groups is 1. The molecule has 3 nitrogen and oxygen atoms in total. The minimum Gasteiger partial charge on any atom is -0.443 e. The summed E-state index contributed by atoms with van der Waals surface area (Å²) in [6, 6.07) is 14.8. The molecule has 1 aliphatic rings. The Morgan fingerprint density at radius 2 is 1.79 bits per heavy atom. The lowest BCUT2D eigenvalue weighted by Gasteiger charge is -2.25. The van der Waals surface area contributed by atoms with Gasteiger partial charge in [-0.25, -0.2) is 4.79 Å². The molecule has 0 saturated carbocycles. The van der Waals surface area contributed by atoms with Crippen molar-refractivity contribution in [2.24, 2.45) is 0 Å². The van der Waals surface area contributed by atoms with E-state index >= 15 is 0 Å². The number of allylic oxidation sites excluding steroid dienone is 1. The van der Waals surface area contributed by atoms with Crippen molar-refractivity contribution in [3.8, 4) is 0 Å². The normalized spacial score (nSPS) is 15.8. The molecule has 0 atom stereocenters. The fourth-order valence-electron chi connectivity index (χ4n) is 3.09. The van der Waals surface area contributed by atoms with Crippen molar-refractivity contribution in [1.82, 2.24) is 4.90 Å². The van der Waals surface area contributed by atoms with Crippen LogP contribution in [0.2, 0.25) is 0 Å². The van der Waals surface area contributed by atoms with Gasteiger partial charge in [-0.3, -0.25) is 4.90 Å². The third-order valence-corrected chi connectivity index (χ3v) is 4.17. The summed E-state index contributed by atoms with van der Waals surface area (Å²) >= 11 is 0. The molecule has 3 heteroatoms. The van der Waals surface area contributed by atoms with Gasteiger partial charge in [0.15, 0.2) is 0 Å². The van der Waals surface area contributed by atoms with Crippen molar-refractivity contribution in [1.29, 1.82) is 0 Å². The molecule has 2 aromatic rings. The molecule has 3 rings (SSSR count). The Morgan fingerprint density at radius 1 is 1.04 bits per heavy atom. The van der Waals surface area contributed by atoms with Crippen LogP contribution in [-0.4, -0.2) is 23.1 Å². The van der Waals surface area contributed by atoms with E-state index in [-0.39, 0.29) is 6.09 Å². The maximum atomic E-state index is 12.5. The van der Waals surface area contributed by atoms with Gasteiger partial charge in [-0.2, -0.15) is 0 Å². The Kier molecular flexibility index (Phi) is 4.61. The van der Waals surface area contributed by atoms with Gasteiger partial charge >= 0.3 is 6.09 Å². The van der Waals surface area contributed by atoms with E-state index in [1.165, 1.54) is 21.9 Å². The second-order valence-corrected chi connectivity index (χ2v) is 7.31. The Bertz CT molecular complexity index is 765. The van der Waals surface area contributed by atoms with Gasteiger partial charge in [0, 0.05) is 12.7 Å². The van der Waals surface area contributed by atoms with Crippen molar-refractivity contribution in [3.63, 3.8) is 0 Å². The maximum Gasteiger partial charge on any atom is 0.414 e. The third kappa shape index (κ3) is 3.78. The topological polar surface area (TPSA) is 29.5 Å². The highest BCUT2D eigenvalue weighted by Gasteiger charge is 2.23. The van der Waals surface area contributed by atoms with E-state index in [1.54, 1.807) is 4.90 Å². The van der Waals surface area contributed by atoms with Crippen LogP contribution in [0.4, 0.5) is 4.79 Å². The van der Waals surface area contributed by atoms with Crippen LogP contribution >= 0.6 is 0 Å². The summed E-state index contributed by atoms with van der Waals surface area (Å²) in [5, 5.41) is 2.46. The lowest BCUT2D eigenvalue weighted by atomic mass is 9.96. The highest BCUT2D eigenvalue weighted by atomic mass is 16.6. The number of ether oxygens (including phenoxy) is 1. The van der Waals surface area contributed by atoms with E-state index in [0.29, 0.717) is 6.54 Å². The summed E-state index contributed by atoms with van der Waals surface area (Å²) in [5.41, 5.74) is 1.94. The van der Waals surface area contributed by atoms with Crippen LogP contribution in [0.5, 0.6) is 0 Å². The monoisotopic (exact) mass is 323 g/mol. The molecule has 0 N–H and O–H groups in total. The molecule has 0 unspecified atom stereocenters. The summed E-state index contributed by atoms with van der Waals surface area (Å²) in [6.45, 7) is 6.41. The number of amides is 1. The van der Waals surface area contributed by atoms with Gasteiger partial charge in [0.25, 0.3) is 0 Å². The first-order chi connectivity index (χ1) is 11.4. The lowest BCUT2D eigenvalue weighted by molar-refractivity contribution is 0.0336. The molecule has 0 spiro atoms. The molecule has 2 aromatic carbocycles. The SMILES string of the molecule is CC(C)(C)OC(=O)N1C=C(c2cccc3ccccc23)CCCC1. The number of hydrogen-bond acceptors (Lipinski definition) is 2. The highest BCUT2D eigenvalue weighted by Crippen LogP contribution is 2.30. The second-order valence-electron chi connectivity index (χ2n) is 7.31. The molecule has 0 fully saturated rings. The van der Waals surface area contributed by atoms with Crippen molar-refractivity contribution in [2.75, 3.05) is 6.54 Å². The zero-order valence-corrected chi connectivity index (χ0v) is 14.7. The molecule has 24 heavy (non-hydrogen) atoms. The van der Waals surface area contributed by atoms with Crippen LogP contribution in [-0.2, 0) is 4.74 Å². The molecule has 0 aromatic heterocycles. The van der Waals surface area contributed by atoms with Crippen LogP contribution < -0.4 is 0 Å². The van der Waals surface area contributed by atoms with E-state index in [4.69, 9.17) is 4.74 Å². The van der Waals surface area contributed by atoms with Crippen LogP contribution in [0.1, 0.15) is 45.6 Å². The lowest BCUT2D eigenvalue weighted by Crippen LogP contribution is -2.33. The summed E-state index contributed by atoms with van der Waals surface area (Å²) in [7, 11) is 0. The fourth-order valence-corrected chi connectivity index (χ4v) is 3.09. The predicted octanol–water partition coefficient (Wildman–Crippen LogP) is 5.60. The van der Waals surface area contributed by atoms with Crippen LogP contribution in [0, 0.1) is 0 Å². The first kappa shape index (κ1) is 16.6. The average Bonchev–Trinajstić information content (AvgIpc) is 2.79. The zero-order chi connectivity index (χ0) is 17.2. The van der Waals surface area contributed by atoms with E-state index in [9.17, 15) is 4.79 Å². The van der Waals surface area contributed by atoms with Gasteiger partial charge < -0.3 is 4.74 Å². The summed E-state index contributed by atoms with van der Waals surface area (Å²) < 4.78 is 5.55. The van der Waals surface area contributed by atoms with E-state index in [0.717, 1.165) is 19.3 Å². The van der Waals surface area contributed by atoms with Gasteiger partial charge in [-0.1, -0.05) is 42.5 Å². The van der Waals surface area contributed by atoms with Crippen LogP contribution in [0.15, 0.2) is 48.7 Å². The summed E-state index contributed by atoms with van der Waals surface area (Å²) in [4.78, 5) is 14.2. The second kappa shape index (κ2) is 6.68. The largest absolute Gasteiger partial charge is 0.443 e. The molecule has 1 amide bonds. The molecular weight excluding hydrogens is 298 g/mol. The number of fused-ring (bicyclic) bond motifs is 1. The molecule has 1 aliphatic heterocycles. The van der Waals surface area contributed by atoms with E-state index in [1.807, 2.05) is 27.0 Å². The maximum absolute atomic E-state index is 12.5. The van der Waals surface area contributed by atoms with Crippen LogP contribution in [0.3, 0.4) is 0 Å². The van der Waals surface area contributed by atoms with Gasteiger partial charge in [0.2, 0.25) is 0 Å². The third-order valence-electron chi connectivity index (χ3n) is 4.17. The van der Waals surface area contributed by atoms with Crippen molar-refractivity contribution >= 4 is 22.4 Å². The summed E-state index contributed by atoms with van der Waals surface area (Å²) in [5.74, 6) is 0. The molecule has 0 saturated heterocycles. The minimum atomic E-state index is -0.475. The number of benzene rings is 2. The molecular formula is C21H25NO2. The van der Waals surface area contributed by atoms with Gasteiger partial charge in [0.1, 0.15) is 5.60 Å². The van der Waals surface area contributed by atoms with E-state index < -0.39 is 5.60 Å². The van der Waals surface area contributed by atoms with Crippen LogP contribution in [0.25, 0.3) is 16.3 Å². The van der Waals surface area contributed by atoms with Crippen molar-refractivity contribution in [2.45, 2.75) is 45.6 Å². The Labute approximate surface area is 143 Å². The van der Waals surface area contributed by atoms with Crippen molar-refractivity contribution in [3.05, 3.63) is 54.2 Å². The van der Waals surface area contributed by atoms with Gasteiger partial charge in [-0.05, 0) is 61.9 Å². The van der Waals surface area contributed by atoms with Crippen molar-refractivity contribution < 1.29 is 9.53 Å². The standard InChI is InChI=1S/C21H25NO2/c1-21(2,3)24-20(23)22-14-7-6-10-17(15-22)19-13-8-11-16-9-4-5-12-18(16)19/h4-5,8-9,11-13,15H,6-7,10,14H2,1-3H3. The molecule has 0 radical (unpaired) electrons. The number of hydrogen-bond donors (Lipinski definition) is 0. The van der Waals surface area contributed by atoms with Gasteiger partial charge in [0.05, 0.1) is 0 Å². The first-order valence-corrected chi connectivity index (χ1v) is 8.62. The molecule has 126 valence electrons. The quantitative estimate of drug-likeness (QED) is 0.683. The Morgan fingerprint density at radius 3 is 2.58 bits per heavy atom. The number of carbonyl (C=O) groups excluding carboxylic acids is 1. The Balaban J connectivity index is 1.97. The number of nitrogens with zero attached hydrogens (tertiary/aromatic N) is 1. The molecule has 0 aliphatic carbocycles. The van der Waals surface area contributed by atoms with E-state index in [2.05, 4.69) is 42.5 Å². The zero-order valence-electron chi connectivity index (χ0n) is 14.7. The fraction of sp³-hybridized carbons (Fsp3) is 0.381. The highest BCUT2D eigenvalue weighted by molar-refractivity contribution is 5.94. The Hall–Kier alpha value is -2.29. The number of rotatable bonds is 1. The molecule has 1 heterocycles.